The van der Waals surface area contributed by atoms with E-state index in [9.17, 15) is 0 Å². The Labute approximate surface area is 179 Å². The molecule has 0 N–H and O–H groups in total. The Hall–Kier alpha value is -2.08. The van der Waals surface area contributed by atoms with E-state index in [1.54, 1.807) is 11.1 Å². The third-order valence-corrected chi connectivity index (χ3v) is 6.64. The van der Waals surface area contributed by atoms with Crippen molar-refractivity contribution in [3.05, 3.63) is 82.9 Å². The molecule has 0 heterocycles. The average molecular weight is 389 g/mol. The van der Waals surface area contributed by atoms with Crippen LogP contribution in [0.4, 0.5) is 0 Å². The molecule has 5 rings (SSSR count). The van der Waals surface area contributed by atoms with E-state index in [0.717, 1.165) is 11.8 Å². The van der Waals surface area contributed by atoms with Crippen LogP contribution in [0.5, 0.6) is 0 Å². The summed E-state index contributed by atoms with van der Waals surface area (Å²) in [7, 11) is 0. The Balaban J connectivity index is 0.000000181. The van der Waals surface area contributed by atoms with Crippen LogP contribution in [0, 0.1) is 5.92 Å². The van der Waals surface area contributed by atoms with E-state index in [4.69, 9.17) is 0 Å². The van der Waals surface area contributed by atoms with Gasteiger partial charge in [0.25, 0.3) is 0 Å². The predicted molar refractivity (Wildman–Crippen MR) is 131 cm³/mol. The van der Waals surface area contributed by atoms with E-state index in [1.165, 1.54) is 28.3 Å². The van der Waals surface area contributed by atoms with Gasteiger partial charge < -0.3 is 0 Å². The highest BCUT2D eigenvalue weighted by Crippen LogP contribution is 2.45. The summed E-state index contributed by atoms with van der Waals surface area (Å²) < 4.78 is 0. The quantitative estimate of drug-likeness (QED) is 0.360. The first-order valence-corrected chi connectivity index (χ1v) is 11.7. The molecule has 3 aromatic rings. The second-order valence-electron chi connectivity index (χ2n) is 8.04. The van der Waals surface area contributed by atoms with Gasteiger partial charge in [0.05, 0.1) is 0 Å². The first-order chi connectivity index (χ1) is 14.1. The Kier molecular flexibility index (Phi) is 8.50. The summed E-state index contributed by atoms with van der Waals surface area (Å²) in [5.41, 5.74) is 6.20. The zero-order chi connectivity index (χ0) is 21.6. The standard InChI is InChI=1S/C14H14.C11H14.2C2H6/c1-9-10(2)13-8-4-6-11-5-3-7-12(9)14(11)13;1-8-7-10-5-3-4-6-11(10)9(8)2;2*1-2/h3-10H,1-2H3;3-6,8-9H,7H2,1-2H3;2*1-2H3. The molecule has 0 radical (unpaired) electrons. The van der Waals surface area contributed by atoms with Crippen LogP contribution >= 0.6 is 0 Å². The van der Waals surface area contributed by atoms with Crippen molar-refractivity contribution < 1.29 is 0 Å². The Bertz CT molecular complexity index is 862. The molecule has 0 spiro atoms. The van der Waals surface area contributed by atoms with Crippen molar-refractivity contribution in [1.82, 2.24) is 0 Å². The van der Waals surface area contributed by atoms with Gasteiger partial charge in [-0.1, -0.05) is 116 Å². The van der Waals surface area contributed by atoms with Crippen molar-refractivity contribution >= 4 is 10.8 Å². The summed E-state index contributed by atoms with van der Waals surface area (Å²) in [6.45, 7) is 17.3. The average Bonchev–Trinajstić information content (AvgIpc) is 3.21. The maximum Gasteiger partial charge on any atom is -0.0114 e. The molecule has 0 aromatic heterocycles. The van der Waals surface area contributed by atoms with Crippen molar-refractivity contribution in [2.24, 2.45) is 5.92 Å². The summed E-state index contributed by atoms with van der Waals surface area (Å²) in [5, 5.41) is 2.91. The highest BCUT2D eigenvalue weighted by atomic mass is 14.3. The van der Waals surface area contributed by atoms with Crippen LogP contribution in [0.3, 0.4) is 0 Å². The summed E-state index contributed by atoms with van der Waals surface area (Å²) in [4.78, 5) is 0. The van der Waals surface area contributed by atoms with Crippen LogP contribution in [0.2, 0.25) is 0 Å². The summed E-state index contributed by atoms with van der Waals surface area (Å²) in [6.07, 6.45) is 1.28. The molecule has 0 bridgehead atoms. The fraction of sp³-hybridized carbons (Fsp3) is 0.448. The van der Waals surface area contributed by atoms with Crippen LogP contribution in [0.15, 0.2) is 60.7 Å². The molecule has 2 aliphatic carbocycles. The van der Waals surface area contributed by atoms with Crippen LogP contribution in [-0.4, -0.2) is 0 Å². The van der Waals surface area contributed by atoms with E-state index in [2.05, 4.69) is 88.4 Å². The number of fused-ring (bicyclic) bond motifs is 1. The summed E-state index contributed by atoms with van der Waals surface area (Å²) >= 11 is 0. The minimum Gasteiger partial charge on any atom is -0.0683 e. The molecule has 0 fully saturated rings. The second-order valence-corrected chi connectivity index (χ2v) is 8.04. The fourth-order valence-electron chi connectivity index (χ4n) is 4.69. The third-order valence-electron chi connectivity index (χ3n) is 6.64. The van der Waals surface area contributed by atoms with Crippen molar-refractivity contribution in [3.8, 4) is 0 Å². The van der Waals surface area contributed by atoms with E-state index in [-0.39, 0.29) is 0 Å². The molecule has 2 aliphatic rings. The molecule has 4 unspecified atom stereocenters. The molecule has 0 aliphatic heterocycles. The minimum atomic E-state index is 0.677. The predicted octanol–water partition coefficient (Wildman–Crippen LogP) is 9.10. The van der Waals surface area contributed by atoms with Crippen LogP contribution in [-0.2, 0) is 6.42 Å². The molecule has 0 nitrogen and oxygen atoms in total. The highest BCUT2D eigenvalue weighted by molar-refractivity contribution is 5.92. The molecule has 29 heavy (non-hydrogen) atoms. The molecule has 3 aromatic carbocycles. The van der Waals surface area contributed by atoms with Gasteiger partial charge in [-0.25, -0.2) is 0 Å². The lowest BCUT2D eigenvalue weighted by atomic mass is 9.94. The SMILES string of the molecule is CC.CC.CC1Cc2ccccc2C1C.CC1c2cccc3cccc(c23)C1C. The van der Waals surface area contributed by atoms with Gasteiger partial charge in [-0.2, -0.15) is 0 Å². The minimum absolute atomic E-state index is 0.677. The normalized spacial score (nSPS) is 23.0. The lowest BCUT2D eigenvalue weighted by Gasteiger charge is -2.10. The molecule has 0 saturated heterocycles. The van der Waals surface area contributed by atoms with Gasteiger partial charge in [0, 0.05) is 0 Å². The molecule has 0 amide bonds. The van der Waals surface area contributed by atoms with Gasteiger partial charge in [-0.3, -0.25) is 0 Å². The number of hydrogen-bond acceptors (Lipinski definition) is 0. The molecular weight excluding hydrogens is 348 g/mol. The lowest BCUT2D eigenvalue weighted by Crippen LogP contribution is -1.97. The van der Waals surface area contributed by atoms with Gasteiger partial charge in [0.1, 0.15) is 0 Å². The van der Waals surface area contributed by atoms with E-state index in [0.29, 0.717) is 11.8 Å². The topological polar surface area (TPSA) is 0 Å². The van der Waals surface area contributed by atoms with Crippen molar-refractivity contribution in [2.45, 2.75) is 79.6 Å². The van der Waals surface area contributed by atoms with E-state index in [1.807, 2.05) is 27.7 Å². The molecule has 0 heteroatoms. The van der Waals surface area contributed by atoms with Gasteiger partial charge in [-0.05, 0) is 63.1 Å². The smallest absolute Gasteiger partial charge is 0.0114 e. The maximum absolute atomic E-state index is 2.34. The lowest BCUT2D eigenvalue weighted by molar-refractivity contribution is 0.532. The highest BCUT2D eigenvalue weighted by Gasteiger charge is 2.27. The van der Waals surface area contributed by atoms with E-state index >= 15 is 0 Å². The molecule has 0 saturated carbocycles. The summed E-state index contributed by atoms with van der Waals surface area (Å²) in [6, 6.07) is 22.2. The van der Waals surface area contributed by atoms with Crippen molar-refractivity contribution in [1.29, 1.82) is 0 Å². The van der Waals surface area contributed by atoms with Crippen LogP contribution in [0.1, 0.15) is 95.4 Å². The number of rotatable bonds is 0. The third kappa shape index (κ3) is 4.58. The zero-order valence-corrected chi connectivity index (χ0v) is 19.8. The number of hydrogen-bond donors (Lipinski definition) is 0. The van der Waals surface area contributed by atoms with Gasteiger partial charge in [0.2, 0.25) is 0 Å². The Morgan fingerprint density at radius 3 is 1.55 bits per heavy atom. The Morgan fingerprint density at radius 2 is 1.03 bits per heavy atom. The van der Waals surface area contributed by atoms with Gasteiger partial charge in [0.15, 0.2) is 0 Å². The van der Waals surface area contributed by atoms with Crippen molar-refractivity contribution in [3.63, 3.8) is 0 Å². The first-order valence-electron chi connectivity index (χ1n) is 11.7. The molecular formula is C29H40. The van der Waals surface area contributed by atoms with E-state index < -0.39 is 0 Å². The second kappa shape index (κ2) is 10.6. The Morgan fingerprint density at radius 1 is 0.552 bits per heavy atom. The zero-order valence-electron chi connectivity index (χ0n) is 19.8. The first kappa shape index (κ1) is 23.2. The van der Waals surface area contributed by atoms with Crippen LogP contribution in [0.25, 0.3) is 10.8 Å². The molecule has 4 atom stereocenters. The maximum atomic E-state index is 2.34. The summed E-state index contributed by atoms with van der Waals surface area (Å²) in [5.74, 6) is 2.96. The van der Waals surface area contributed by atoms with Gasteiger partial charge >= 0.3 is 0 Å². The fourth-order valence-corrected chi connectivity index (χ4v) is 4.69. The number of benzene rings is 3. The molecule has 156 valence electrons. The largest absolute Gasteiger partial charge is 0.0683 e. The van der Waals surface area contributed by atoms with Gasteiger partial charge in [-0.15, -0.1) is 0 Å². The monoisotopic (exact) mass is 388 g/mol. The van der Waals surface area contributed by atoms with Crippen LogP contribution < -0.4 is 0 Å². The van der Waals surface area contributed by atoms with Crippen molar-refractivity contribution in [2.75, 3.05) is 0 Å².